The van der Waals surface area contributed by atoms with E-state index >= 15 is 0 Å². The fourth-order valence-corrected chi connectivity index (χ4v) is 3.53. The fraction of sp³-hybridized carbons (Fsp3) is 0.417. The molecular weight excluding hydrogens is 370 g/mol. The lowest BCUT2D eigenvalue weighted by molar-refractivity contribution is -0.141. The molecule has 1 atom stereocenters. The van der Waals surface area contributed by atoms with Gasteiger partial charge in [-0.05, 0) is 39.5 Å². The molecule has 0 heterocycles. The van der Waals surface area contributed by atoms with Crippen LogP contribution in [-0.2, 0) is 14.8 Å². The minimum absolute atomic E-state index is 0.0516. The van der Waals surface area contributed by atoms with Gasteiger partial charge in [0.15, 0.2) is 0 Å². The van der Waals surface area contributed by atoms with Crippen LogP contribution in [0.4, 0.5) is 0 Å². The Hall–Kier alpha value is -0.630. The van der Waals surface area contributed by atoms with E-state index in [0.29, 0.717) is 9.50 Å². The highest BCUT2D eigenvalue weighted by atomic mass is 79.9. The van der Waals surface area contributed by atoms with Gasteiger partial charge in [-0.25, -0.2) is 8.42 Å². The second-order valence-electron chi connectivity index (χ2n) is 5.33. The predicted octanol–water partition coefficient (Wildman–Crippen LogP) is 2.88. The maximum absolute atomic E-state index is 12.2. The van der Waals surface area contributed by atoms with Gasteiger partial charge in [-0.15, -0.1) is 0 Å². The standard InChI is InChI=1S/C12H15BrClNO4S/c1-12(2,3)10(11(16)17)15-20(18,19)7-4-5-9(14)8(13)6-7/h4-6,10,15H,1-3H3,(H,16,17)/t10-/m1/s1. The third kappa shape index (κ3) is 4.18. The number of benzene rings is 1. The molecule has 0 unspecified atom stereocenters. The number of hydrogen-bond donors (Lipinski definition) is 2. The van der Waals surface area contributed by atoms with Gasteiger partial charge in [0.05, 0.1) is 9.92 Å². The average Bonchev–Trinajstić information content (AvgIpc) is 2.27. The van der Waals surface area contributed by atoms with Crippen molar-refractivity contribution in [3.05, 3.63) is 27.7 Å². The predicted molar refractivity (Wildman–Crippen MR) is 80.4 cm³/mol. The number of nitrogens with one attached hydrogen (secondary N) is 1. The Morgan fingerprint density at radius 3 is 2.35 bits per heavy atom. The lowest BCUT2D eigenvalue weighted by Gasteiger charge is -2.27. The summed E-state index contributed by atoms with van der Waals surface area (Å²) in [5.74, 6) is -1.23. The summed E-state index contributed by atoms with van der Waals surface area (Å²) in [6, 6.07) is 2.83. The first-order valence-corrected chi connectivity index (χ1v) is 8.31. The molecule has 8 heteroatoms. The zero-order valence-corrected chi connectivity index (χ0v) is 14.3. The van der Waals surface area contributed by atoms with Gasteiger partial charge in [-0.2, -0.15) is 4.72 Å². The van der Waals surface area contributed by atoms with Crippen molar-refractivity contribution in [2.45, 2.75) is 31.7 Å². The quantitative estimate of drug-likeness (QED) is 0.836. The summed E-state index contributed by atoms with van der Waals surface area (Å²) in [5.41, 5.74) is -0.761. The van der Waals surface area contributed by atoms with E-state index < -0.39 is 27.4 Å². The van der Waals surface area contributed by atoms with Gasteiger partial charge >= 0.3 is 5.97 Å². The molecule has 0 fully saturated rings. The molecular formula is C12H15BrClNO4S. The number of hydrogen-bond acceptors (Lipinski definition) is 3. The first kappa shape index (κ1) is 17.4. The van der Waals surface area contributed by atoms with Crippen molar-refractivity contribution in [1.29, 1.82) is 0 Å². The van der Waals surface area contributed by atoms with E-state index in [1.807, 2.05) is 0 Å². The van der Waals surface area contributed by atoms with Gasteiger partial charge in [-0.1, -0.05) is 32.4 Å². The molecule has 20 heavy (non-hydrogen) atoms. The van der Waals surface area contributed by atoms with Crippen molar-refractivity contribution in [3.63, 3.8) is 0 Å². The number of rotatable bonds is 4. The Bertz CT molecular complexity index is 625. The molecule has 0 aliphatic carbocycles. The zero-order chi connectivity index (χ0) is 15.7. The van der Waals surface area contributed by atoms with E-state index in [2.05, 4.69) is 20.7 Å². The highest BCUT2D eigenvalue weighted by Crippen LogP contribution is 2.27. The Balaban J connectivity index is 3.16. The van der Waals surface area contributed by atoms with Crippen LogP contribution in [0.3, 0.4) is 0 Å². The van der Waals surface area contributed by atoms with E-state index in [-0.39, 0.29) is 4.90 Å². The summed E-state index contributed by atoms with van der Waals surface area (Å²) >= 11 is 8.94. The summed E-state index contributed by atoms with van der Waals surface area (Å²) < 4.78 is 27.1. The summed E-state index contributed by atoms with van der Waals surface area (Å²) in [6.45, 7) is 4.93. The summed E-state index contributed by atoms with van der Waals surface area (Å²) in [6.07, 6.45) is 0. The number of carboxylic acid groups (broad SMARTS) is 1. The van der Waals surface area contributed by atoms with Crippen molar-refractivity contribution in [3.8, 4) is 0 Å². The third-order valence-electron chi connectivity index (χ3n) is 2.59. The number of sulfonamides is 1. The fourth-order valence-electron chi connectivity index (χ4n) is 1.46. The largest absolute Gasteiger partial charge is 0.480 e. The van der Waals surface area contributed by atoms with Gasteiger partial charge < -0.3 is 5.11 Å². The number of carbonyl (C=O) groups is 1. The highest BCUT2D eigenvalue weighted by molar-refractivity contribution is 9.10. The van der Waals surface area contributed by atoms with Crippen LogP contribution in [0.15, 0.2) is 27.6 Å². The van der Waals surface area contributed by atoms with Crippen molar-refractivity contribution in [2.24, 2.45) is 5.41 Å². The SMILES string of the molecule is CC(C)(C)[C@H](NS(=O)(=O)c1ccc(Cl)c(Br)c1)C(=O)O. The van der Waals surface area contributed by atoms with Crippen LogP contribution in [0.1, 0.15) is 20.8 Å². The molecule has 0 radical (unpaired) electrons. The van der Waals surface area contributed by atoms with E-state index in [9.17, 15) is 13.2 Å². The average molecular weight is 385 g/mol. The lowest BCUT2D eigenvalue weighted by Crippen LogP contribution is -2.48. The van der Waals surface area contributed by atoms with Crippen molar-refractivity contribution in [1.82, 2.24) is 4.72 Å². The normalized spacial score (nSPS) is 14.1. The molecule has 1 aromatic carbocycles. The number of aliphatic carboxylic acids is 1. The van der Waals surface area contributed by atoms with E-state index in [4.69, 9.17) is 16.7 Å². The van der Waals surface area contributed by atoms with Crippen LogP contribution in [0.25, 0.3) is 0 Å². The van der Waals surface area contributed by atoms with Crippen molar-refractivity contribution >= 4 is 43.5 Å². The minimum Gasteiger partial charge on any atom is -0.480 e. The Morgan fingerprint density at radius 2 is 1.95 bits per heavy atom. The van der Waals surface area contributed by atoms with Gasteiger partial charge in [-0.3, -0.25) is 4.79 Å². The second-order valence-corrected chi connectivity index (χ2v) is 8.31. The lowest BCUT2D eigenvalue weighted by atomic mass is 9.88. The van der Waals surface area contributed by atoms with Crippen LogP contribution in [0.2, 0.25) is 5.02 Å². The van der Waals surface area contributed by atoms with Gasteiger partial charge in [0, 0.05) is 4.47 Å². The molecule has 0 aliphatic heterocycles. The molecule has 112 valence electrons. The third-order valence-corrected chi connectivity index (χ3v) is 5.22. The van der Waals surface area contributed by atoms with Crippen LogP contribution >= 0.6 is 27.5 Å². The molecule has 0 aromatic heterocycles. The molecule has 1 aromatic rings. The number of carboxylic acids is 1. The first-order chi connectivity index (χ1) is 8.95. The highest BCUT2D eigenvalue weighted by Gasteiger charge is 2.35. The first-order valence-electron chi connectivity index (χ1n) is 5.65. The Morgan fingerprint density at radius 1 is 1.40 bits per heavy atom. The Kier molecular flexibility index (Phi) is 5.23. The van der Waals surface area contributed by atoms with Crippen LogP contribution < -0.4 is 4.72 Å². The van der Waals surface area contributed by atoms with E-state index in [0.717, 1.165) is 0 Å². The van der Waals surface area contributed by atoms with Crippen LogP contribution in [0.5, 0.6) is 0 Å². The monoisotopic (exact) mass is 383 g/mol. The van der Waals surface area contributed by atoms with Crippen LogP contribution in [-0.4, -0.2) is 25.5 Å². The topological polar surface area (TPSA) is 83.5 Å². The second kappa shape index (κ2) is 6.01. The molecule has 0 saturated carbocycles. The molecule has 0 bridgehead atoms. The Labute approximate surface area is 131 Å². The molecule has 2 N–H and O–H groups in total. The van der Waals surface area contributed by atoms with E-state index in [1.165, 1.54) is 18.2 Å². The molecule has 0 spiro atoms. The zero-order valence-electron chi connectivity index (χ0n) is 11.1. The summed E-state index contributed by atoms with van der Waals surface area (Å²) in [4.78, 5) is 11.2. The molecule has 1 rings (SSSR count). The van der Waals surface area contributed by atoms with Gasteiger partial charge in [0.25, 0.3) is 0 Å². The smallest absolute Gasteiger partial charge is 0.322 e. The number of halogens is 2. The van der Waals surface area contributed by atoms with Crippen molar-refractivity contribution in [2.75, 3.05) is 0 Å². The maximum Gasteiger partial charge on any atom is 0.322 e. The molecule has 0 saturated heterocycles. The van der Waals surface area contributed by atoms with Crippen molar-refractivity contribution < 1.29 is 18.3 Å². The molecule has 0 aliphatic rings. The summed E-state index contributed by atoms with van der Waals surface area (Å²) in [7, 11) is -3.95. The van der Waals surface area contributed by atoms with Crippen LogP contribution in [0, 0.1) is 5.41 Å². The molecule has 5 nitrogen and oxygen atoms in total. The van der Waals surface area contributed by atoms with E-state index in [1.54, 1.807) is 20.8 Å². The van der Waals surface area contributed by atoms with Gasteiger partial charge in [0.1, 0.15) is 6.04 Å². The summed E-state index contributed by atoms with van der Waals surface area (Å²) in [5, 5.41) is 9.53. The van der Waals surface area contributed by atoms with Gasteiger partial charge in [0.2, 0.25) is 10.0 Å². The minimum atomic E-state index is -3.95. The molecule has 0 amide bonds. The maximum atomic E-state index is 12.2.